The molecule has 1 aromatic rings. The Morgan fingerprint density at radius 3 is 2.44 bits per heavy atom. The van der Waals surface area contributed by atoms with E-state index < -0.39 is 0 Å². The summed E-state index contributed by atoms with van der Waals surface area (Å²) in [6.07, 6.45) is 4.95. The molecule has 2 aliphatic rings. The van der Waals surface area contributed by atoms with Gasteiger partial charge in [-0.15, -0.1) is 0 Å². The minimum atomic E-state index is -0.363. The largest absolute Gasteiger partial charge is 0.321 e. The van der Waals surface area contributed by atoms with Crippen molar-refractivity contribution in [3.63, 3.8) is 0 Å². The van der Waals surface area contributed by atoms with E-state index in [0.717, 1.165) is 5.56 Å². The molecule has 0 amide bonds. The summed E-state index contributed by atoms with van der Waals surface area (Å²) in [5, 5.41) is 0.186. The van der Waals surface area contributed by atoms with Crippen LogP contribution in [-0.2, 0) is 5.54 Å². The van der Waals surface area contributed by atoms with Crippen molar-refractivity contribution in [3.05, 3.63) is 34.6 Å². The fourth-order valence-corrected chi connectivity index (χ4v) is 3.55. The van der Waals surface area contributed by atoms with E-state index in [4.69, 9.17) is 17.3 Å². The third kappa shape index (κ3) is 1.33. The number of fused-ring (bicyclic) bond motifs is 1. The number of rotatable bonds is 1. The molecule has 0 aromatic heterocycles. The fraction of sp³-hybridized carbons (Fsp3) is 0.538. The zero-order valence-electron chi connectivity index (χ0n) is 9.05. The highest BCUT2D eigenvalue weighted by Gasteiger charge is 2.62. The molecule has 3 rings (SSSR count). The van der Waals surface area contributed by atoms with Crippen molar-refractivity contribution in [1.29, 1.82) is 0 Å². The third-order valence-electron chi connectivity index (χ3n) is 4.30. The number of hydrogen-bond acceptors (Lipinski definition) is 1. The van der Waals surface area contributed by atoms with Crippen molar-refractivity contribution < 1.29 is 4.39 Å². The van der Waals surface area contributed by atoms with Crippen LogP contribution < -0.4 is 5.73 Å². The highest BCUT2D eigenvalue weighted by atomic mass is 35.5. The van der Waals surface area contributed by atoms with Crippen LogP contribution in [0, 0.1) is 17.7 Å². The van der Waals surface area contributed by atoms with Gasteiger partial charge in [0.15, 0.2) is 0 Å². The number of hydrogen-bond donors (Lipinski definition) is 1. The Labute approximate surface area is 99.8 Å². The Morgan fingerprint density at radius 2 is 1.88 bits per heavy atom. The summed E-state index contributed by atoms with van der Waals surface area (Å²) >= 11 is 5.81. The number of nitrogens with two attached hydrogens (primary N) is 1. The lowest BCUT2D eigenvalue weighted by Gasteiger charge is -2.12. The SMILES string of the molecule is NC1(c2ccc(F)c(Cl)c2)C2CCCCC21. The second-order valence-electron chi connectivity index (χ2n) is 5.06. The summed E-state index contributed by atoms with van der Waals surface area (Å²) in [6.45, 7) is 0. The Bertz CT molecular complexity index is 420. The smallest absolute Gasteiger partial charge is 0.141 e. The predicted molar refractivity (Wildman–Crippen MR) is 62.7 cm³/mol. The Balaban J connectivity index is 1.95. The van der Waals surface area contributed by atoms with Gasteiger partial charge in [-0.2, -0.15) is 0 Å². The lowest BCUT2D eigenvalue weighted by molar-refractivity contribution is 0.480. The molecule has 2 saturated carbocycles. The summed E-state index contributed by atoms with van der Waals surface area (Å²) in [5.74, 6) is 0.809. The van der Waals surface area contributed by atoms with Crippen molar-refractivity contribution >= 4 is 11.6 Å². The molecule has 0 heterocycles. The van der Waals surface area contributed by atoms with Crippen LogP contribution in [0.3, 0.4) is 0 Å². The summed E-state index contributed by atoms with van der Waals surface area (Å²) in [6, 6.07) is 4.92. The van der Waals surface area contributed by atoms with Crippen molar-refractivity contribution in [2.45, 2.75) is 31.2 Å². The lowest BCUT2D eigenvalue weighted by Crippen LogP contribution is -2.23. The second kappa shape index (κ2) is 3.44. The maximum atomic E-state index is 13.1. The van der Waals surface area contributed by atoms with Crippen LogP contribution in [-0.4, -0.2) is 0 Å². The maximum Gasteiger partial charge on any atom is 0.141 e. The first-order valence-corrected chi connectivity index (χ1v) is 6.26. The Morgan fingerprint density at radius 1 is 1.25 bits per heavy atom. The van der Waals surface area contributed by atoms with Crippen LogP contribution in [0.2, 0.25) is 5.02 Å². The zero-order valence-corrected chi connectivity index (χ0v) is 9.80. The van der Waals surface area contributed by atoms with Crippen LogP contribution in [0.25, 0.3) is 0 Å². The van der Waals surface area contributed by atoms with Gasteiger partial charge in [-0.25, -0.2) is 4.39 Å². The van der Waals surface area contributed by atoms with Crippen LogP contribution in [0.5, 0.6) is 0 Å². The minimum absolute atomic E-state index is 0.186. The molecular formula is C13H15ClFN. The molecule has 2 aliphatic carbocycles. The van der Waals surface area contributed by atoms with Gasteiger partial charge in [0.25, 0.3) is 0 Å². The first-order chi connectivity index (χ1) is 7.64. The Hall–Kier alpha value is -0.600. The highest BCUT2D eigenvalue weighted by Crippen LogP contribution is 2.62. The summed E-state index contributed by atoms with van der Waals surface area (Å²) in [7, 11) is 0. The van der Waals surface area contributed by atoms with Gasteiger partial charge in [-0.05, 0) is 42.4 Å². The molecule has 1 nitrogen and oxygen atoms in total. The normalized spacial score (nSPS) is 36.9. The monoisotopic (exact) mass is 239 g/mol. The zero-order chi connectivity index (χ0) is 11.3. The van der Waals surface area contributed by atoms with Crippen LogP contribution >= 0.6 is 11.6 Å². The average Bonchev–Trinajstić information content (AvgIpc) is 2.91. The van der Waals surface area contributed by atoms with Crippen molar-refractivity contribution in [1.82, 2.24) is 0 Å². The predicted octanol–water partition coefficient (Wildman–Crippen LogP) is 3.45. The minimum Gasteiger partial charge on any atom is -0.321 e. The van der Waals surface area contributed by atoms with Crippen molar-refractivity contribution in [2.75, 3.05) is 0 Å². The molecule has 3 heteroatoms. The topological polar surface area (TPSA) is 26.0 Å². The van der Waals surface area contributed by atoms with Gasteiger partial charge in [0.2, 0.25) is 0 Å². The number of halogens is 2. The second-order valence-corrected chi connectivity index (χ2v) is 5.47. The van der Waals surface area contributed by atoms with E-state index in [1.807, 2.05) is 0 Å². The Kier molecular flexibility index (Phi) is 2.27. The van der Waals surface area contributed by atoms with E-state index in [1.54, 1.807) is 12.1 Å². The first kappa shape index (κ1) is 10.5. The molecule has 0 radical (unpaired) electrons. The molecule has 2 unspecified atom stereocenters. The molecule has 1 aromatic carbocycles. The molecule has 2 atom stereocenters. The van der Waals surface area contributed by atoms with Gasteiger partial charge < -0.3 is 5.73 Å². The molecule has 0 aliphatic heterocycles. The molecular weight excluding hydrogens is 225 g/mol. The molecule has 16 heavy (non-hydrogen) atoms. The van der Waals surface area contributed by atoms with Crippen molar-refractivity contribution in [3.8, 4) is 0 Å². The quantitative estimate of drug-likeness (QED) is 0.798. The van der Waals surface area contributed by atoms with Gasteiger partial charge in [0, 0.05) is 5.54 Å². The van der Waals surface area contributed by atoms with Crippen LogP contribution in [0.15, 0.2) is 18.2 Å². The van der Waals surface area contributed by atoms with Crippen LogP contribution in [0.4, 0.5) is 4.39 Å². The van der Waals surface area contributed by atoms with E-state index in [9.17, 15) is 4.39 Å². The maximum absolute atomic E-state index is 13.1. The van der Waals surface area contributed by atoms with Gasteiger partial charge >= 0.3 is 0 Å². The van der Waals surface area contributed by atoms with E-state index >= 15 is 0 Å². The van der Waals surface area contributed by atoms with Gasteiger partial charge in [0.05, 0.1) is 5.02 Å². The van der Waals surface area contributed by atoms with E-state index in [-0.39, 0.29) is 16.4 Å². The average molecular weight is 240 g/mol. The lowest BCUT2D eigenvalue weighted by atomic mass is 10.0. The van der Waals surface area contributed by atoms with Crippen molar-refractivity contribution in [2.24, 2.45) is 17.6 Å². The van der Waals surface area contributed by atoms with Gasteiger partial charge in [-0.3, -0.25) is 0 Å². The van der Waals surface area contributed by atoms with Gasteiger partial charge in [0.1, 0.15) is 5.82 Å². The molecule has 0 saturated heterocycles. The summed E-state index contributed by atoms with van der Waals surface area (Å²) < 4.78 is 13.1. The third-order valence-corrected chi connectivity index (χ3v) is 4.59. The fourth-order valence-electron chi connectivity index (χ4n) is 3.37. The first-order valence-electron chi connectivity index (χ1n) is 5.88. The molecule has 0 spiro atoms. The van der Waals surface area contributed by atoms with E-state index in [1.165, 1.54) is 31.7 Å². The summed E-state index contributed by atoms with van der Waals surface area (Å²) in [4.78, 5) is 0. The molecule has 2 fully saturated rings. The van der Waals surface area contributed by atoms with Crippen LogP contribution in [0.1, 0.15) is 31.2 Å². The van der Waals surface area contributed by atoms with E-state index in [2.05, 4.69) is 0 Å². The molecule has 86 valence electrons. The standard InChI is InChI=1S/C13H15ClFN/c14-11-7-8(5-6-12(11)15)13(16)9-3-1-2-4-10(9)13/h5-7,9-10H,1-4,16H2. The van der Waals surface area contributed by atoms with Gasteiger partial charge in [-0.1, -0.05) is 30.5 Å². The van der Waals surface area contributed by atoms with E-state index in [0.29, 0.717) is 11.8 Å². The summed E-state index contributed by atoms with van der Waals surface area (Å²) in [5.41, 5.74) is 7.24. The molecule has 2 N–H and O–H groups in total. The number of benzene rings is 1. The molecule has 0 bridgehead atoms. The highest BCUT2D eigenvalue weighted by molar-refractivity contribution is 6.30.